The van der Waals surface area contributed by atoms with Crippen molar-refractivity contribution in [2.45, 2.75) is 13.8 Å². The van der Waals surface area contributed by atoms with E-state index in [0.29, 0.717) is 11.1 Å². The van der Waals surface area contributed by atoms with Crippen LogP contribution in [0.15, 0.2) is 36.4 Å². The van der Waals surface area contributed by atoms with E-state index in [-0.39, 0.29) is 34.2 Å². The lowest BCUT2D eigenvalue weighted by Crippen LogP contribution is -1.95. The fourth-order valence-electron chi connectivity index (χ4n) is 2.00. The summed E-state index contributed by atoms with van der Waals surface area (Å²) in [6.45, 7) is 2.74. The number of ketones is 2. The first kappa shape index (κ1) is 13.8. The normalized spacial score (nSPS) is 10.3. The number of carbonyl (C=O) groups is 2. The van der Waals surface area contributed by atoms with Crippen molar-refractivity contribution in [2.24, 2.45) is 0 Å². The molecule has 2 N–H and O–H groups in total. The van der Waals surface area contributed by atoms with Gasteiger partial charge in [-0.05, 0) is 49.2 Å². The molecule has 0 aliphatic carbocycles. The molecular weight excluding hydrogens is 256 g/mol. The highest BCUT2D eigenvalue weighted by molar-refractivity contribution is 5.99. The Hall–Kier alpha value is -2.62. The number of hydrogen-bond acceptors (Lipinski definition) is 4. The molecule has 0 unspecified atom stereocenters. The molecule has 20 heavy (non-hydrogen) atoms. The number of carbonyl (C=O) groups excluding carboxylic acids is 2. The average Bonchev–Trinajstić information content (AvgIpc) is 2.39. The van der Waals surface area contributed by atoms with Crippen LogP contribution in [0.3, 0.4) is 0 Å². The predicted molar refractivity (Wildman–Crippen MR) is 75.2 cm³/mol. The van der Waals surface area contributed by atoms with E-state index in [4.69, 9.17) is 0 Å². The molecule has 0 atom stereocenters. The lowest BCUT2D eigenvalue weighted by Gasteiger charge is -2.08. The number of rotatable bonds is 3. The third-order valence-corrected chi connectivity index (χ3v) is 3.09. The highest BCUT2D eigenvalue weighted by atomic mass is 16.3. The first-order chi connectivity index (χ1) is 9.40. The molecule has 0 amide bonds. The van der Waals surface area contributed by atoms with Crippen molar-refractivity contribution in [3.8, 4) is 22.6 Å². The van der Waals surface area contributed by atoms with Crippen molar-refractivity contribution in [1.29, 1.82) is 0 Å². The smallest absolute Gasteiger partial charge is 0.163 e. The van der Waals surface area contributed by atoms with Gasteiger partial charge in [0.25, 0.3) is 0 Å². The topological polar surface area (TPSA) is 74.6 Å². The summed E-state index contributed by atoms with van der Waals surface area (Å²) in [6, 6.07) is 9.30. The van der Waals surface area contributed by atoms with Gasteiger partial charge in [0.05, 0.1) is 11.1 Å². The second kappa shape index (κ2) is 5.17. The summed E-state index contributed by atoms with van der Waals surface area (Å²) in [5, 5.41) is 19.2. The zero-order valence-electron chi connectivity index (χ0n) is 11.2. The summed E-state index contributed by atoms with van der Waals surface area (Å²) in [7, 11) is 0. The van der Waals surface area contributed by atoms with Crippen LogP contribution in [-0.2, 0) is 0 Å². The van der Waals surface area contributed by atoms with E-state index >= 15 is 0 Å². The first-order valence-electron chi connectivity index (χ1n) is 6.08. The number of benzene rings is 2. The molecule has 2 rings (SSSR count). The summed E-state index contributed by atoms with van der Waals surface area (Å²) < 4.78 is 0. The van der Waals surface area contributed by atoms with Gasteiger partial charge in [0.2, 0.25) is 0 Å². The molecule has 0 saturated heterocycles. The quantitative estimate of drug-likeness (QED) is 0.840. The Labute approximate surface area is 116 Å². The van der Waals surface area contributed by atoms with Gasteiger partial charge in [-0.3, -0.25) is 9.59 Å². The highest BCUT2D eigenvalue weighted by Crippen LogP contribution is 2.29. The van der Waals surface area contributed by atoms with Gasteiger partial charge >= 0.3 is 0 Å². The van der Waals surface area contributed by atoms with Crippen LogP contribution < -0.4 is 0 Å². The summed E-state index contributed by atoms with van der Waals surface area (Å²) in [4.78, 5) is 22.8. The van der Waals surface area contributed by atoms with Crippen molar-refractivity contribution in [3.05, 3.63) is 47.5 Å². The van der Waals surface area contributed by atoms with Crippen molar-refractivity contribution >= 4 is 11.6 Å². The molecule has 102 valence electrons. The minimum atomic E-state index is -0.241. The van der Waals surface area contributed by atoms with Gasteiger partial charge in [-0.15, -0.1) is 0 Å². The number of hydrogen-bond donors (Lipinski definition) is 2. The van der Waals surface area contributed by atoms with Crippen molar-refractivity contribution in [1.82, 2.24) is 0 Å². The Balaban J connectivity index is 2.57. The van der Waals surface area contributed by atoms with Crippen LogP contribution in [0.2, 0.25) is 0 Å². The molecule has 2 aromatic carbocycles. The third kappa shape index (κ3) is 2.54. The molecule has 0 radical (unpaired) electrons. The molecule has 2 aromatic rings. The minimum absolute atomic E-state index is 0.0770. The van der Waals surface area contributed by atoms with Crippen molar-refractivity contribution in [3.63, 3.8) is 0 Å². The van der Waals surface area contributed by atoms with Crippen LogP contribution in [0.5, 0.6) is 11.5 Å². The lowest BCUT2D eigenvalue weighted by molar-refractivity contribution is 0.100. The zero-order chi connectivity index (χ0) is 14.9. The minimum Gasteiger partial charge on any atom is -0.507 e. The average molecular weight is 270 g/mol. The summed E-state index contributed by atoms with van der Waals surface area (Å²) in [6.07, 6.45) is 0. The largest absolute Gasteiger partial charge is 0.507 e. The van der Waals surface area contributed by atoms with Gasteiger partial charge in [0.15, 0.2) is 11.6 Å². The van der Waals surface area contributed by atoms with Gasteiger partial charge in [0, 0.05) is 0 Å². The number of phenolic OH excluding ortho intramolecular Hbond substituents is 2. The van der Waals surface area contributed by atoms with E-state index in [2.05, 4.69) is 0 Å². The second-order valence-electron chi connectivity index (χ2n) is 4.58. The zero-order valence-corrected chi connectivity index (χ0v) is 11.2. The van der Waals surface area contributed by atoms with E-state index in [1.807, 2.05) is 0 Å². The highest BCUT2D eigenvalue weighted by Gasteiger charge is 2.11. The Morgan fingerprint density at radius 3 is 1.40 bits per heavy atom. The van der Waals surface area contributed by atoms with Gasteiger partial charge in [0.1, 0.15) is 11.5 Å². The molecule has 0 heterocycles. The molecule has 0 bridgehead atoms. The van der Waals surface area contributed by atoms with Crippen LogP contribution in [-0.4, -0.2) is 21.8 Å². The molecule has 0 aliphatic heterocycles. The fourth-order valence-corrected chi connectivity index (χ4v) is 2.00. The predicted octanol–water partition coefficient (Wildman–Crippen LogP) is 3.17. The third-order valence-electron chi connectivity index (χ3n) is 3.09. The second-order valence-corrected chi connectivity index (χ2v) is 4.58. The van der Waals surface area contributed by atoms with E-state index in [0.717, 1.165) is 0 Å². The molecule has 0 fully saturated rings. The molecule has 0 spiro atoms. The van der Waals surface area contributed by atoms with Crippen LogP contribution in [0.1, 0.15) is 34.6 Å². The van der Waals surface area contributed by atoms with E-state index in [9.17, 15) is 19.8 Å². The van der Waals surface area contributed by atoms with E-state index in [1.165, 1.54) is 26.0 Å². The monoisotopic (exact) mass is 270 g/mol. The molecule has 0 aliphatic rings. The molecule has 0 aromatic heterocycles. The Morgan fingerprint density at radius 1 is 0.750 bits per heavy atom. The van der Waals surface area contributed by atoms with Crippen LogP contribution in [0, 0.1) is 0 Å². The maximum atomic E-state index is 11.4. The van der Waals surface area contributed by atoms with Crippen LogP contribution in [0.4, 0.5) is 0 Å². The number of Topliss-reactive ketones (excluding diaryl/α,β-unsaturated/α-hetero) is 2. The van der Waals surface area contributed by atoms with Gasteiger partial charge in [-0.1, -0.05) is 12.1 Å². The Bertz CT molecular complexity index is 640. The SMILES string of the molecule is CC(=O)c1cc(-c2ccc(O)c(C(C)=O)c2)ccc1O. The first-order valence-corrected chi connectivity index (χ1v) is 6.08. The maximum absolute atomic E-state index is 11.4. The van der Waals surface area contributed by atoms with Crippen LogP contribution in [0.25, 0.3) is 11.1 Å². The molecule has 0 saturated carbocycles. The van der Waals surface area contributed by atoms with E-state index < -0.39 is 0 Å². The number of aromatic hydroxyl groups is 2. The summed E-state index contributed by atoms with van der Waals surface area (Å²) in [5.41, 5.74) is 1.82. The Kier molecular flexibility index (Phi) is 3.57. The molecule has 4 nitrogen and oxygen atoms in total. The number of phenols is 2. The van der Waals surface area contributed by atoms with Crippen LogP contribution >= 0.6 is 0 Å². The van der Waals surface area contributed by atoms with Crippen molar-refractivity contribution < 1.29 is 19.8 Å². The summed E-state index contributed by atoms with van der Waals surface area (Å²) >= 11 is 0. The van der Waals surface area contributed by atoms with Gasteiger partial charge < -0.3 is 10.2 Å². The molecule has 4 heteroatoms. The molecular formula is C16H14O4. The Morgan fingerprint density at radius 2 is 1.10 bits per heavy atom. The summed E-state index contributed by atoms with van der Waals surface area (Å²) in [5.74, 6) is -0.636. The lowest BCUT2D eigenvalue weighted by atomic mass is 9.98. The maximum Gasteiger partial charge on any atom is 0.163 e. The van der Waals surface area contributed by atoms with E-state index in [1.54, 1.807) is 24.3 Å². The van der Waals surface area contributed by atoms with Gasteiger partial charge in [-0.25, -0.2) is 0 Å². The van der Waals surface area contributed by atoms with Crippen molar-refractivity contribution in [2.75, 3.05) is 0 Å². The fraction of sp³-hybridized carbons (Fsp3) is 0.125. The van der Waals surface area contributed by atoms with Gasteiger partial charge in [-0.2, -0.15) is 0 Å². The standard InChI is InChI=1S/C16H14O4/c1-9(17)13-7-11(3-5-15(13)19)12-4-6-16(20)14(8-12)10(2)18/h3-8,19-20H,1-2H3.